The molecular formula is C15H17N3O2. The highest BCUT2D eigenvalue weighted by Gasteiger charge is 2.25. The summed E-state index contributed by atoms with van der Waals surface area (Å²) in [6.07, 6.45) is 2.02. The highest BCUT2D eigenvalue weighted by atomic mass is 16.6. The van der Waals surface area contributed by atoms with Gasteiger partial charge in [0.25, 0.3) is 0 Å². The third-order valence-corrected chi connectivity index (χ3v) is 2.85. The summed E-state index contributed by atoms with van der Waals surface area (Å²) in [4.78, 5) is 12.0. The highest BCUT2D eigenvalue weighted by Crippen LogP contribution is 2.21. The molecule has 104 valence electrons. The Labute approximate surface area is 117 Å². The van der Waals surface area contributed by atoms with E-state index in [0.717, 1.165) is 16.5 Å². The summed E-state index contributed by atoms with van der Waals surface area (Å²) >= 11 is 0. The van der Waals surface area contributed by atoms with E-state index in [1.165, 1.54) is 0 Å². The minimum Gasteiger partial charge on any atom is -0.459 e. The fourth-order valence-electron chi connectivity index (χ4n) is 1.98. The minimum absolute atomic E-state index is 0.322. The number of hydrogen-bond donors (Lipinski definition) is 1. The van der Waals surface area contributed by atoms with Crippen LogP contribution in [0.4, 0.5) is 0 Å². The number of fused-ring (bicyclic) bond motifs is 1. The maximum absolute atomic E-state index is 12.0. The summed E-state index contributed by atoms with van der Waals surface area (Å²) in [5, 5.41) is 17.0. The molecule has 0 aliphatic heterocycles. The van der Waals surface area contributed by atoms with Gasteiger partial charge in [-0.1, -0.05) is 12.1 Å². The van der Waals surface area contributed by atoms with E-state index in [1.54, 1.807) is 27.0 Å². The molecule has 0 saturated carbocycles. The first-order valence-corrected chi connectivity index (χ1v) is 6.44. The molecule has 0 aliphatic rings. The quantitative estimate of drug-likeness (QED) is 0.870. The Morgan fingerprint density at radius 1 is 1.50 bits per heavy atom. The largest absolute Gasteiger partial charge is 0.459 e. The maximum Gasteiger partial charge on any atom is 0.324 e. The van der Waals surface area contributed by atoms with Gasteiger partial charge in [0.1, 0.15) is 11.5 Å². The number of carbonyl (C=O) groups excluding carboxylic acids is 1. The van der Waals surface area contributed by atoms with Gasteiger partial charge in [0.15, 0.2) is 0 Å². The Kier molecular flexibility index (Phi) is 3.75. The number of rotatable bonds is 3. The topological polar surface area (TPSA) is 78.8 Å². The molecule has 2 rings (SSSR count). The van der Waals surface area contributed by atoms with Gasteiger partial charge in [0.2, 0.25) is 0 Å². The first-order chi connectivity index (χ1) is 9.40. The second kappa shape index (κ2) is 5.33. The fourth-order valence-corrected chi connectivity index (χ4v) is 1.98. The molecule has 0 amide bonds. The monoisotopic (exact) mass is 271 g/mol. The number of carbonyl (C=O) groups is 1. The van der Waals surface area contributed by atoms with Crippen molar-refractivity contribution >= 4 is 16.9 Å². The SMILES string of the molecule is CC(C)(C)OC(=O)C(C#N)Cc1cccc2[nH]ncc12. The van der Waals surface area contributed by atoms with Crippen molar-refractivity contribution in [2.75, 3.05) is 0 Å². The van der Waals surface area contributed by atoms with Gasteiger partial charge in [-0.2, -0.15) is 10.4 Å². The number of nitriles is 1. The van der Waals surface area contributed by atoms with Crippen molar-refractivity contribution < 1.29 is 9.53 Å². The number of ether oxygens (including phenoxy) is 1. The molecule has 0 saturated heterocycles. The molecule has 20 heavy (non-hydrogen) atoms. The van der Waals surface area contributed by atoms with Crippen LogP contribution in [0.3, 0.4) is 0 Å². The normalized spacial score (nSPS) is 12.9. The van der Waals surface area contributed by atoms with Crippen LogP contribution < -0.4 is 0 Å². The Hall–Kier alpha value is -2.35. The molecule has 1 unspecified atom stereocenters. The van der Waals surface area contributed by atoms with Crippen LogP contribution in [0.1, 0.15) is 26.3 Å². The lowest BCUT2D eigenvalue weighted by Gasteiger charge is -2.21. The van der Waals surface area contributed by atoms with Gasteiger partial charge in [-0.05, 0) is 38.8 Å². The van der Waals surface area contributed by atoms with E-state index in [-0.39, 0.29) is 0 Å². The Bertz CT molecular complexity index is 662. The molecule has 1 atom stereocenters. The second-order valence-corrected chi connectivity index (χ2v) is 5.67. The van der Waals surface area contributed by atoms with Gasteiger partial charge in [0, 0.05) is 5.39 Å². The molecule has 0 spiro atoms. The Balaban J connectivity index is 2.21. The molecule has 5 heteroatoms. The van der Waals surface area contributed by atoms with Crippen LogP contribution in [0.25, 0.3) is 10.9 Å². The molecule has 0 bridgehead atoms. The smallest absolute Gasteiger partial charge is 0.324 e. The number of aromatic amines is 1. The van der Waals surface area contributed by atoms with Crippen molar-refractivity contribution in [2.24, 2.45) is 5.92 Å². The number of H-pyrrole nitrogens is 1. The van der Waals surface area contributed by atoms with E-state index >= 15 is 0 Å². The van der Waals surface area contributed by atoms with Gasteiger partial charge in [-0.25, -0.2) is 0 Å². The zero-order valence-corrected chi connectivity index (χ0v) is 11.8. The summed E-state index contributed by atoms with van der Waals surface area (Å²) in [5.74, 6) is -1.30. The van der Waals surface area contributed by atoms with Crippen LogP contribution in [0.2, 0.25) is 0 Å². The number of aromatic nitrogens is 2. The molecule has 1 heterocycles. The lowest BCUT2D eigenvalue weighted by atomic mass is 9.98. The third-order valence-electron chi connectivity index (χ3n) is 2.85. The van der Waals surface area contributed by atoms with E-state index < -0.39 is 17.5 Å². The highest BCUT2D eigenvalue weighted by molar-refractivity contribution is 5.83. The number of esters is 1. The van der Waals surface area contributed by atoms with Gasteiger partial charge >= 0.3 is 5.97 Å². The maximum atomic E-state index is 12.0. The standard InChI is InChI=1S/C15H17N3O2/c1-15(2,3)20-14(19)11(8-16)7-10-5-4-6-13-12(10)9-17-18-13/h4-6,9,11H,7H2,1-3H3,(H,17,18). The van der Waals surface area contributed by atoms with Crippen LogP contribution in [0.15, 0.2) is 24.4 Å². The molecule has 2 aromatic rings. The van der Waals surface area contributed by atoms with E-state index in [0.29, 0.717) is 6.42 Å². The number of hydrogen-bond acceptors (Lipinski definition) is 4. The first-order valence-electron chi connectivity index (χ1n) is 6.44. The summed E-state index contributed by atoms with van der Waals surface area (Å²) in [6.45, 7) is 5.36. The zero-order valence-electron chi connectivity index (χ0n) is 11.8. The predicted molar refractivity (Wildman–Crippen MR) is 74.7 cm³/mol. The molecule has 0 aliphatic carbocycles. The third kappa shape index (κ3) is 3.15. The molecule has 0 fully saturated rings. The van der Waals surface area contributed by atoms with Crippen LogP contribution in [-0.4, -0.2) is 21.8 Å². The summed E-state index contributed by atoms with van der Waals surface area (Å²) < 4.78 is 5.27. The molecule has 1 aromatic carbocycles. The van der Waals surface area contributed by atoms with Crippen molar-refractivity contribution in [1.82, 2.24) is 10.2 Å². The number of benzene rings is 1. The van der Waals surface area contributed by atoms with Crippen molar-refractivity contribution in [3.05, 3.63) is 30.0 Å². The van der Waals surface area contributed by atoms with E-state index in [2.05, 4.69) is 10.2 Å². The number of nitrogens with one attached hydrogen (secondary N) is 1. The lowest BCUT2D eigenvalue weighted by Crippen LogP contribution is -2.29. The second-order valence-electron chi connectivity index (χ2n) is 5.67. The van der Waals surface area contributed by atoms with Gasteiger partial charge < -0.3 is 4.74 Å². The van der Waals surface area contributed by atoms with Crippen LogP contribution in [0.5, 0.6) is 0 Å². The number of nitrogens with zero attached hydrogens (tertiary/aromatic N) is 2. The molecule has 0 radical (unpaired) electrons. The summed E-state index contributed by atoms with van der Waals surface area (Å²) in [7, 11) is 0. The molecule has 1 aromatic heterocycles. The van der Waals surface area contributed by atoms with Gasteiger partial charge in [-0.3, -0.25) is 9.89 Å². The van der Waals surface area contributed by atoms with Crippen molar-refractivity contribution in [3.8, 4) is 6.07 Å². The van der Waals surface area contributed by atoms with Crippen LogP contribution in [0, 0.1) is 17.2 Å². The lowest BCUT2D eigenvalue weighted by molar-refractivity contribution is -0.157. The molecule has 1 N–H and O–H groups in total. The van der Waals surface area contributed by atoms with Crippen LogP contribution in [-0.2, 0) is 16.0 Å². The Morgan fingerprint density at radius 2 is 2.25 bits per heavy atom. The first kappa shape index (κ1) is 14.1. The van der Waals surface area contributed by atoms with Crippen molar-refractivity contribution in [3.63, 3.8) is 0 Å². The minimum atomic E-state index is -0.810. The molecular weight excluding hydrogens is 254 g/mol. The van der Waals surface area contributed by atoms with Gasteiger partial charge in [0.05, 0.1) is 17.8 Å². The summed E-state index contributed by atoms with van der Waals surface area (Å²) in [5.41, 5.74) is 1.21. The van der Waals surface area contributed by atoms with E-state index in [9.17, 15) is 10.1 Å². The van der Waals surface area contributed by atoms with Crippen LogP contribution >= 0.6 is 0 Å². The zero-order chi connectivity index (χ0) is 14.8. The predicted octanol–water partition coefficient (Wildman–Crippen LogP) is 2.59. The van der Waals surface area contributed by atoms with Gasteiger partial charge in [-0.15, -0.1) is 0 Å². The van der Waals surface area contributed by atoms with Crippen molar-refractivity contribution in [1.29, 1.82) is 5.26 Å². The fraction of sp³-hybridized carbons (Fsp3) is 0.400. The van der Waals surface area contributed by atoms with E-state index in [1.807, 2.05) is 24.3 Å². The molecule has 5 nitrogen and oxygen atoms in total. The van der Waals surface area contributed by atoms with E-state index in [4.69, 9.17) is 4.74 Å². The van der Waals surface area contributed by atoms with Crippen molar-refractivity contribution in [2.45, 2.75) is 32.8 Å². The summed E-state index contributed by atoms with van der Waals surface area (Å²) in [6, 6.07) is 7.70. The average molecular weight is 271 g/mol. The average Bonchev–Trinajstić information content (AvgIpc) is 2.82. The Morgan fingerprint density at radius 3 is 2.90 bits per heavy atom.